The number of likely N-dealkylation sites (N-methyl/N-ethyl adjacent to an activating group) is 1. The summed E-state index contributed by atoms with van der Waals surface area (Å²) in [6.07, 6.45) is 7.25. The molecule has 18 heavy (non-hydrogen) atoms. The topological polar surface area (TPSA) is 47.6 Å². The van der Waals surface area contributed by atoms with E-state index >= 15 is 0 Å². The summed E-state index contributed by atoms with van der Waals surface area (Å²) < 4.78 is 10.6. The van der Waals surface area contributed by atoms with Gasteiger partial charge in [0.1, 0.15) is 0 Å². The minimum Gasteiger partial charge on any atom is -0.465 e. The van der Waals surface area contributed by atoms with Crippen LogP contribution in [0.3, 0.4) is 0 Å². The van der Waals surface area contributed by atoms with E-state index in [-0.39, 0.29) is 17.9 Å². The standard InChI is InChI=1S/C14H27NO3/c1-3-4-5-6-7-8-9-18-14(16)12-10-17-11-13(12)15-2/h12-13,15H,3-11H2,1-2H3. The Morgan fingerprint density at radius 1 is 1.22 bits per heavy atom. The van der Waals surface area contributed by atoms with Crippen LogP contribution in [0.5, 0.6) is 0 Å². The van der Waals surface area contributed by atoms with Crippen LogP contribution in [0.4, 0.5) is 0 Å². The van der Waals surface area contributed by atoms with E-state index < -0.39 is 0 Å². The number of hydrogen-bond acceptors (Lipinski definition) is 4. The van der Waals surface area contributed by atoms with E-state index in [9.17, 15) is 4.79 Å². The van der Waals surface area contributed by atoms with Crippen LogP contribution in [0.25, 0.3) is 0 Å². The van der Waals surface area contributed by atoms with Gasteiger partial charge in [-0.15, -0.1) is 0 Å². The molecule has 4 nitrogen and oxygen atoms in total. The number of esters is 1. The summed E-state index contributed by atoms with van der Waals surface area (Å²) in [4.78, 5) is 11.8. The van der Waals surface area contributed by atoms with Crippen LogP contribution in [0.1, 0.15) is 45.4 Å². The van der Waals surface area contributed by atoms with Crippen molar-refractivity contribution in [3.63, 3.8) is 0 Å². The van der Waals surface area contributed by atoms with Crippen LogP contribution >= 0.6 is 0 Å². The fourth-order valence-corrected chi connectivity index (χ4v) is 2.23. The maximum Gasteiger partial charge on any atom is 0.312 e. The van der Waals surface area contributed by atoms with E-state index in [1.165, 1.54) is 25.7 Å². The largest absolute Gasteiger partial charge is 0.465 e. The summed E-state index contributed by atoms with van der Waals surface area (Å²) in [5.74, 6) is -0.240. The number of hydrogen-bond donors (Lipinski definition) is 1. The molecule has 1 heterocycles. The zero-order valence-corrected chi connectivity index (χ0v) is 11.7. The van der Waals surface area contributed by atoms with E-state index in [2.05, 4.69) is 12.2 Å². The summed E-state index contributed by atoms with van der Waals surface area (Å²) in [7, 11) is 1.85. The van der Waals surface area contributed by atoms with Crippen LogP contribution in [0.15, 0.2) is 0 Å². The Morgan fingerprint density at radius 3 is 2.67 bits per heavy atom. The van der Waals surface area contributed by atoms with E-state index in [0.717, 1.165) is 12.8 Å². The zero-order chi connectivity index (χ0) is 13.2. The lowest BCUT2D eigenvalue weighted by molar-refractivity contribution is -0.149. The third kappa shape index (κ3) is 5.36. The van der Waals surface area contributed by atoms with Crippen LogP contribution in [-0.4, -0.2) is 38.9 Å². The van der Waals surface area contributed by atoms with Gasteiger partial charge in [0.2, 0.25) is 0 Å². The van der Waals surface area contributed by atoms with Crippen LogP contribution in [0.2, 0.25) is 0 Å². The highest BCUT2D eigenvalue weighted by molar-refractivity contribution is 5.73. The predicted octanol–water partition coefficient (Wildman–Crippen LogP) is 2.12. The minimum atomic E-state index is -0.130. The smallest absolute Gasteiger partial charge is 0.312 e. The van der Waals surface area contributed by atoms with Gasteiger partial charge in [-0.2, -0.15) is 0 Å². The Balaban J connectivity index is 2.03. The molecule has 1 fully saturated rings. The van der Waals surface area contributed by atoms with E-state index in [1.54, 1.807) is 0 Å². The summed E-state index contributed by atoms with van der Waals surface area (Å²) in [5, 5.41) is 3.09. The van der Waals surface area contributed by atoms with Gasteiger partial charge in [0, 0.05) is 6.04 Å². The highest BCUT2D eigenvalue weighted by atomic mass is 16.5. The molecule has 0 aromatic carbocycles. The highest BCUT2D eigenvalue weighted by Crippen LogP contribution is 2.15. The molecule has 2 atom stereocenters. The average Bonchev–Trinajstić information content (AvgIpc) is 2.85. The lowest BCUT2D eigenvalue weighted by Crippen LogP contribution is -2.37. The van der Waals surface area contributed by atoms with Gasteiger partial charge in [-0.1, -0.05) is 39.0 Å². The van der Waals surface area contributed by atoms with Crippen molar-refractivity contribution in [3.8, 4) is 0 Å². The maximum atomic E-state index is 11.8. The Morgan fingerprint density at radius 2 is 1.94 bits per heavy atom. The Kier molecular flexibility index (Phi) is 8.01. The highest BCUT2D eigenvalue weighted by Gasteiger charge is 2.34. The second-order valence-electron chi connectivity index (χ2n) is 4.97. The Hall–Kier alpha value is -0.610. The van der Waals surface area contributed by atoms with Crippen molar-refractivity contribution in [1.82, 2.24) is 5.32 Å². The van der Waals surface area contributed by atoms with Crippen molar-refractivity contribution in [2.75, 3.05) is 26.9 Å². The van der Waals surface area contributed by atoms with Crippen LogP contribution in [0, 0.1) is 5.92 Å². The molecule has 106 valence electrons. The molecule has 1 N–H and O–H groups in total. The first-order valence-electron chi connectivity index (χ1n) is 7.21. The molecule has 0 bridgehead atoms. The molecular formula is C14H27NO3. The molecule has 4 heteroatoms. The first-order chi connectivity index (χ1) is 8.79. The molecule has 0 spiro atoms. The number of rotatable bonds is 9. The summed E-state index contributed by atoms with van der Waals surface area (Å²) >= 11 is 0. The SMILES string of the molecule is CCCCCCCCOC(=O)C1COCC1NC. The van der Waals surface area contributed by atoms with Gasteiger partial charge < -0.3 is 14.8 Å². The minimum absolute atomic E-state index is 0.111. The lowest BCUT2D eigenvalue weighted by Gasteiger charge is -2.15. The normalized spacial score (nSPS) is 23.2. The number of nitrogens with one attached hydrogen (secondary N) is 1. The molecule has 1 aliphatic heterocycles. The predicted molar refractivity (Wildman–Crippen MR) is 71.5 cm³/mol. The molecule has 0 saturated carbocycles. The molecule has 0 aromatic rings. The first-order valence-corrected chi connectivity index (χ1v) is 7.21. The molecule has 1 saturated heterocycles. The molecule has 0 aliphatic carbocycles. The van der Waals surface area contributed by atoms with Crippen molar-refractivity contribution in [1.29, 1.82) is 0 Å². The van der Waals surface area contributed by atoms with Crippen LogP contribution < -0.4 is 5.32 Å². The fourth-order valence-electron chi connectivity index (χ4n) is 2.23. The molecule has 1 aliphatic rings. The monoisotopic (exact) mass is 257 g/mol. The van der Waals surface area contributed by atoms with Gasteiger partial charge in [0.05, 0.1) is 25.7 Å². The van der Waals surface area contributed by atoms with Crippen molar-refractivity contribution in [2.24, 2.45) is 5.92 Å². The number of carbonyl (C=O) groups is 1. The summed E-state index contributed by atoms with van der Waals surface area (Å²) in [5.41, 5.74) is 0. The lowest BCUT2D eigenvalue weighted by atomic mass is 10.0. The van der Waals surface area contributed by atoms with Crippen molar-refractivity contribution >= 4 is 5.97 Å². The third-order valence-corrected chi connectivity index (χ3v) is 3.50. The van der Waals surface area contributed by atoms with E-state index in [4.69, 9.17) is 9.47 Å². The van der Waals surface area contributed by atoms with E-state index in [1.807, 2.05) is 7.05 Å². The molecule has 0 aromatic heterocycles. The quantitative estimate of drug-likeness (QED) is 0.508. The second kappa shape index (κ2) is 9.34. The second-order valence-corrected chi connectivity index (χ2v) is 4.97. The molecule has 0 radical (unpaired) electrons. The fraction of sp³-hybridized carbons (Fsp3) is 0.929. The average molecular weight is 257 g/mol. The molecule has 0 amide bonds. The van der Waals surface area contributed by atoms with Gasteiger partial charge in [-0.05, 0) is 13.5 Å². The Bertz CT molecular complexity index is 233. The molecule has 2 unspecified atom stereocenters. The number of carbonyl (C=O) groups excluding carboxylic acids is 1. The van der Waals surface area contributed by atoms with Gasteiger partial charge in [-0.25, -0.2) is 0 Å². The van der Waals surface area contributed by atoms with Gasteiger partial charge in [0.15, 0.2) is 0 Å². The van der Waals surface area contributed by atoms with Gasteiger partial charge in [0.25, 0.3) is 0 Å². The van der Waals surface area contributed by atoms with E-state index in [0.29, 0.717) is 19.8 Å². The van der Waals surface area contributed by atoms with Gasteiger partial charge in [-0.3, -0.25) is 4.79 Å². The molecular weight excluding hydrogens is 230 g/mol. The third-order valence-electron chi connectivity index (χ3n) is 3.50. The number of unbranched alkanes of at least 4 members (excludes halogenated alkanes) is 5. The summed E-state index contributed by atoms with van der Waals surface area (Å²) in [6.45, 7) is 3.86. The van der Waals surface area contributed by atoms with Gasteiger partial charge >= 0.3 is 5.97 Å². The number of ether oxygens (including phenoxy) is 2. The van der Waals surface area contributed by atoms with Crippen molar-refractivity contribution in [3.05, 3.63) is 0 Å². The van der Waals surface area contributed by atoms with Crippen LogP contribution in [-0.2, 0) is 14.3 Å². The summed E-state index contributed by atoms with van der Waals surface area (Å²) in [6, 6.07) is 0.113. The maximum absolute atomic E-state index is 11.8. The first kappa shape index (κ1) is 15.4. The van der Waals surface area contributed by atoms with Crippen molar-refractivity contribution < 1.29 is 14.3 Å². The molecule has 1 rings (SSSR count). The zero-order valence-electron chi connectivity index (χ0n) is 11.7. The van der Waals surface area contributed by atoms with Crippen molar-refractivity contribution in [2.45, 2.75) is 51.5 Å². The Labute approximate surface area is 110 Å².